The average Bonchev–Trinajstić information content (AvgIpc) is 2.16. The van der Waals surface area contributed by atoms with E-state index in [1.54, 1.807) is 6.92 Å². The van der Waals surface area contributed by atoms with Crippen molar-refractivity contribution >= 4 is 0 Å². The van der Waals surface area contributed by atoms with Gasteiger partial charge in [-0.3, -0.25) is 0 Å². The van der Waals surface area contributed by atoms with Gasteiger partial charge in [-0.2, -0.15) is 0 Å². The van der Waals surface area contributed by atoms with Crippen LogP contribution in [-0.4, -0.2) is 5.11 Å². The van der Waals surface area contributed by atoms with E-state index in [0.717, 1.165) is 12.0 Å². The first-order valence-electron chi connectivity index (χ1n) is 4.62. The lowest BCUT2D eigenvalue weighted by molar-refractivity contribution is 0.111. The molecule has 0 spiro atoms. The Labute approximate surface area is 79.7 Å². The maximum absolute atomic E-state index is 10.0. The summed E-state index contributed by atoms with van der Waals surface area (Å²) in [6, 6.07) is 9.68. The van der Waals surface area contributed by atoms with Crippen molar-refractivity contribution in [1.29, 1.82) is 0 Å². The van der Waals surface area contributed by atoms with Crippen molar-refractivity contribution in [2.75, 3.05) is 0 Å². The molecular formula is C12H16O. The van der Waals surface area contributed by atoms with Crippen molar-refractivity contribution in [2.45, 2.75) is 25.9 Å². The van der Waals surface area contributed by atoms with Crippen LogP contribution >= 0.6 is 0 Å². The minimum Gasteiger partial charge on any atom is -0.381 e. The molecule has 0 aliphatic rings. The molecule has 0 aliphatic heterocycles. The van der Waals surface area contributed by atoms with Crippen LogP contribution in [0.3, 0.4) is 0 Å². The van der Waals surface area contributed by atoms with E-state index in [1.165, 1.54) is 0 Å². The van der Waals surface area contributed by atoms with E-state index in [9.17, 15) is 5.11 Å². The summed E-state index contributed by atoms with van der Waals surface area (Å²) in [5, 5.41) is 10.0. The minimum atomic E-state index is -0.836. The fourth-order valence-electron chi connectivity index (χ4n) is 1.22. The van der Waals surface area contributed by atoms with E-state index >= 15 is 0 Å². The van der Waals surface area contributed by atoms with Crippen LogP contribution in [0.1, 0.15) is 25.8 Å². The third-order valence-electron chi connectivity index (χ3n) is 2.04. The third kappa shape index (κ3) is 2.71. The molecule has 1 N–H and O–H groups in total. The molecule has 70 valence electrons. The Morgan fingerprint density at radius 3 is 2.46 bits per heavy atom. The lowest BCUT2D eigenvalue weighted by atomic mass is 9.95. The van der Waals surface area contributed by atoms with Crippen molar-refractivity contribution in [1.82, 2.24) is 0 Å². The molecule has 0 saturated carbocycles. The van der Waals surface area contributed by atoms with E-state index in [2.05, 4.69) is 6.92 Å². The van der Waals surface area contributed by atoms with E-state index in [1.807, 2.05) is 42.5 Å². The van der Waals surface area contributed by atoms with Crippen molar-refractivity contribution in [3.8, 4) is 0 Å². The van der Waals surface area contributed by atoms with Gasteiger partial charge in [0.1, 0.15) is 5.60 Å². The number of hydrogen-bond acceptors (Lipinski definition) is 1. The van der Waals surface area contributed by atoms with Crippen molar-refractivity contribution in [3.63, 3.8) is 0 Å². The van der Waals surface area contributed by atoms with Crippen LogP contribution in [0.25, 0.3) is 0 Å². The van der Waals surface area contributed by atoms with Gasteiger partial charge in [-0.15, -0.1) is 0 Å². The van der Waals surface area contributed by atoms with Gasteiger partial charge in [0.05, 0.1) is 0 Å². The largest absolute Gasteiger partial charge is 0.381 e. The maximum Gasteiger partial charge on any atom is 0.105 e. The molecule has 1 unspecified atom stereocenters. The first kappa shape index (κ1) is 10.0. The first-order chi connectivity index (χ1) is 6.17. The Kier molecular flexibility index (Phi) is 3.26. The molecule has 1 aromatic carbocycles. The molecule has 0 heterocycles. The zero-order chi connectivity index (χ0) is 9.73. The Bertz CT molecular complexity index is 272. The Morgan fingerprint density at radius 1 is 1.31 bits per heavy atom. The smallest absolute Gasteiger partial charge is 0.105 e. The van der Waals surface area contributed by atoms with Crippen LogP contribution < -0.4 is 0 Å². The van der Waals surface area contributed by atoms with E-state index in [4.69, 9.17) is 0 Å². The SMILES string of the molecule is CC/C=C/C(C)(O)c1ccccc1. The summed E-state index contributed by atoms with van der Waals surface area (Å²) in [5.74, 6) is 0. The summed E-state index contributed by atoms with van der Waals surface area (Å²) in [5.41, 5.74) is 0.0942. The second-order valence-corrected chi connectivity index (χ2v) is 3.32. The van der Waals surface area contributed by atoms with Gasteiger partial charge in [0.15, 0.2) is 0 Å². The van der Waals surface area contributed by atoms with Gasteiger partial charge in [0, 0.05) is 0 Å². The van der Waals surface area contributed by atoms with Gasteiger partial charge in [0.25, 0.3) is 0 Å². The molecule has 0 amide bonds. The summed E-state index contributed by atoms with van der Waals surface area (Å²) in [6.45, 7) is 3.85. The number of benzene rings is 1. The average molecular weight is 176 g/mol. The summed E-state index contributed by atoms with van der Waals surface area (Å²) >= 11 is 0. The highest BCUT2D eigenvalue weighted by Crippen LogP contribution is 2.21. The molecule has 1 atom stereocenters. The highest BCUT2D eigenvalue weighted by atomic mass is 16.3. The number of aliphatic hydroxyl groups is 1. The van der Waals surface area contributed by atoms with Crippen LogP contribution in [-0.2, 0) is 5.60 Å². The normalized spacial score (nSPS) is 15.9. The fourth-order valence-corrected chi connectivity index (χ4v) is 1.22. The maximum atomic E-state index is 10.0. The Morgan fingerprint density at radius 2 is 1.92 bits per heavy atom. The molecule has 1 aromatic rings. The molecule has 0 saturated heterocycles. The minimum absolute atomic E-state index is 0.836. The van der Waals surface area contributed by atoms with Crippen LogP contribution in [0.4, 0.5) is 0 Å². The molecule has 0 fully saturated rings. The standard InChI is InChI=1S/C12H16O/c1-3-4-10-12(2,13)11-8-6-5-7-9-11/h4-10,13H,3H2,1-2H3/b10-4+. The van der Waals surface area contributed by atoms with Gasteiger partial charge in [-0.05, 0) is 18.9 Å². The predicted molar refractivity (Wildman–Crippen MR) is 55.4 cm³/mol. The lowest BCUT2D eigenvalue weighted by Gasteiger charge is -2.19. The first-order valence-corrected chi connectivity index (χ1v) is 4.62. The molecule has 13 heavy (non-hydrogen) atoms. The molecule has 1 nitrogen and oxygen atoms in total. The lowest BCUT2D eigenvalue weighted by Crippen LogP contribution is -2.17. The zero-order valence-electron chi connectivity index (χ0n) is 8.20. The molecule has 0 radical (unpaired) electrons. The number of hydrogen-bond donors (Lipinski definition) is 1. The third-order valence-corrected chi connectivity index (χ3v) is 2.04. The number of allylic oxidation sites excluding steroid dienone is 1. The molecule has 1 heteroatoms. The highest BCUT2D eigenvalue weighted by Gasteiger charge is 2.17. The van der Waals surface area contributed by atoms with Crippen LogP contribution in [0.5, 0.6) is 0 Å². The molecule has 0 aliphatic carbocycles. The summed E-state index contributed by atoms with van der Waals surface area (Å²) in [4.78, 5) is 0. The van der Waals surface area contributed by atoms with Gasteiger partial charge >= 0.3 is 0 Å². The second-order valence-electron chi connectivity index (χ2n) is 3.32. The zero-order valence-corrected chi connectivity index (χ0v) is 8.20. The summed E-state index contributed by atoms with van der Waals surface area (Å²) in [6.07, 6.45) is 4.76. The van der Waals surface area contributed by atoms with E-state index in [0.29, 0.717) is 0 Å². The Hall–Kier alpha value is -1.08. The molecule has 0 bridgehead atoms. The van der Waals surface area contributed by atoms with Crippen LogP contribution in [0.15, 0.2) is 42.5 Å². The number of rotatable bonds is 3. The van der Waals surface area contributed by atoms with Crippen molar-refractivity contribution in [3.05, 3.63) is 48.0 Å². The molecule has 0 aromatic heterocycles. The van der Waals surface area contributed by atoms with Crippen molar-refractivity contribution in [2.24, 2.45) is 0 Å². The van der Waals surface area contributed by atoms with Crippen molar-refractivity contribution < 1.29 is 5.11 Å². The topological polar surface area (TPSA) is 20.2 Å². The van der Waals surface area contributed by atoms with E-state index < -0.39 is 5.60 Å². The summed E-state index contributed by atoms with van der Waals surface area (Å²) < 4.78 is 0. The van der Waals surface area contributed by atoms with Gasteiger partial charge < -0.3 is 5.11 Å². The highest BCUT2D eigenvalue weighted by molar-refractivity contribution is 5.25. The Balaban J connectivity index is 2.87. The van der Waals surface area contributed by atoms with Crippen LogP contribution in [0.2, 0.25) is 0 Å². The molecular weight excluding hydrogens is 160 g/mol. The van der Waals surface area contributed by atoms with E-state index in [-0.39, 0.29) is 0 Å². The monoisotopic (exact) mass is 176 g/mol. The van der Waals surface area contributed by atoms with Gasteiger partial charge in [-0.25, -0.2) is 0 Å². The van der Waals surface area contributed by atoms with Crippen LogP contribution in [0, 0.1) is 0 Å². The molecule has 1 rings (SSSR count). The second kappa shape index (κ2) is 4.24. The van der Waals surface area contributed by atoms with Gasteiger partial charge in [-0.1, -0.05) is 49.4 Å². The fraction of sp³-hybridized carbons (Fsp3) is 0.333. The quantitative estimate of drug-likeness (QED) is 0.702. The van der Waals surface area contributed by atoms with Gasteiger partial charge in [0.2, 0.25) is 0 Å². The summed E-state index contributed by atoms with van der Waals surface area (Å²) in [7, 11) is 0. The predicted octanol–water partition coefficient (Wildman–Crippen LogP) is 2.86.